The molecule has 0 aliphatic carbocycles. The average Bonchev–Trinajstić information content (AvgIpc) is 2.61. The van der Waals surface area contributed by atoms with E-state index >= 15 is 0 Å². The molecule has 13 heavy (non-hydrogen) atoms. The zero-order valence-electron chi connectivity index (χ0n) is 7.36. The Morgan fingerprint density at radius 1 is 1.23 bits per heavy atom. The number of furan rings is 1. The van der Waals surface area contributed by atoms with Crippen LogP contribution in [0.5, 0.6) is 0 Å². The highest BCUT2D eigenvalue weighted by Crippen LogP contribution is 2.17. The first-order valence-electron chi connectivity index (χ1n) is 4.47. The largest absolute Gasteiger partial charge is 0.464 e. The molecule has 2 nitrogen and oxygen atoms in total. The van der Waals surface area contributed by atoms with Crippen LogP contribution in [0.3, 0.4) is 0 Å². The molecule has 2 aromatic rings. The van der Waals surface area contributed by atoms with E-state index < -0.39 is 0 Å². The molecule has 0 amide bonds. The summed E-state index contributed by atoms with van der Waals surface area (Å²) in [4.78, 5) is 0. The second kappa shape index (κ2) is 3.62. The number of hydrogen-bond donors (Lipinski definition) is 1. The quantitative estimate of drug-likeness (QED) is 0.778. The van der Waals surface area contributed by atoms with Crippen molar-refractivity contribution in [1.82, 2.24) is 0 Å². The molecular formula is C11H12O2. The van der Waals surface area contributed by atoms with Crippen LogP contribution >= 0.6 is 0 Å². The van der Waals surface area contributed by atoms with Crippen LogP contribution in [-0.4, -0.2) is 11.7 Å². The minimum atomic E-state index is 0.246. The van der Waals surface area contributed by atoms with Gasteiger partial charge in [-0.15, -0.1) is 0 Å². The predicted octanol–water partition coefficient (Wildman–Crippen LogP) is 2.36. The van der Waals surface area contributed by atoms with Crippen LogP contribution in [0.4, 0.5) is 0 Å². The maximum atomic E-state index is 8.68. The van der Waals surface area contributed by atoms with E-state index in [-0.39, 0.29) is 6.61 Å². The Morgan fingerprint density at radius 3 is 3.00 bits per heavy atom. The first kappa shape index (κ1) is 8.32. The molecule has 68 valence electrons. The van der Waals surface area contributed by atoms with Crippen LogP contribution in [0.2, 0.25) is 0 Å². The van der Waals surface area contributed by atoms with Gasteiger partial charge < -0.3 is 9.52 Å². The monoisotopic (exact) mass is 176 g/mol. The van der Waals surface area contributed by atoms with Gasteiger partial charge in [0.05, 0.1) is 6.26 Å². The minimum Gasteiger partial charge on any atom is -0.464 e. The summed E-state index contributed by atoms with van der Waals surface area (Å²) in [5.41, 5.74) is 2.15. The van der Waals surface area contributed by atoms with Crippen molar-refractivity contribution in [3.05, 3.63) is 36.1 Å². The maximum Gasteiger partial charge on any atom is 0.134 e. The summed E-state index contributed by atoms with van der Waals surface area (Å²) < 4.78 is 5.28. The molecule has 0 saturated heterocycles. The number of aryl methyl sites for hydroxylation is 1. The van der Waals surface area contributed by atoms with E-state index in [9.17, 15) is 0 Å². The van der Waals surface area contributed by atoms with Crippen molar-refractivity contribution in [3.8, 4) is 0 Å². The Hall–Kier alpha value is -1.28. The maximum absolute atomic E-state index is 8.68. The number of hydrogen-bond acceptors (Lipinski definition) is 2. The van der Waals surface area contributed by atoms with Crippen molar-refractivity contribution in [2.45, 2.75) is 12.8 Å². The second-order valence-corrected chi connectivity index (χ2v) is 3.12. The van der Waals surface area contributed by atoms with Crippen molar-refractivity contribution in [3.63, 3.8) is 0 Å². The van der Waals surface area contributed by atoms with E-state index in [1.807, 2.05) is 18.2 Å². The van der Waals surface area contributed by atoms with Gasteiger partial charge in [-0.2, -0.15) is 0 Å². The third-order valence-corrected chi connectivity index (χ3v) is 2.14. The van der Waals surface area contributed by atoms with Gasteiger partial charge in [0.25, 0.3) is 0 Å². The molecule has 0 bridgehead atoms. The van der Waals surface area contributed by atoms with E-state index in [2.05, 4.69) is 6.07 Å². The van der Waals surface area contributed by atoms with Crippen LogP contribution < -0.4 is 0 Å². The van der Waals surface area contributed by atoms with Crippen molar-refractivity contribution in [2.75, 3.05) is 6.61 Å². The number of rotatable bonds is 3. The van der Waals surface area contributed by atoms with Gasteiger partial charge in [0.2, 0.25) is 0 Å². The standard InChI is InChI=1S/C11H12O2/c12-6-1-2-9-3-4-10-5-7-13-11(10)8-9/h3-5,7-8,12H,1-2,6H2. The zero-order chi connectivity index (χ0) is 9.10. The van der Waals surface area contributed by atoms with Crippen molar-refractivity contribution >= 4 is 11.0 Å². The van der Waals surface area contributed by atoms with Gasteiger partial charge in [0, 0.05) is 12.0 Å². The summed E-state index contributed by atoms with van der Waals surface area (Å²) in [6.07, 6.45) is 3.42. The van der Waals surface area contributed by atoms with E-state index in [4.69, 9.17) is 9.52 Å². The Kier molecular flexibility index (Phi) is 2.32. The van der Waals surface area contributed by atoms with E-state index in [1.165, 1.54) is 5.56 Å². The van der Waals surface area contributed by atoms with Gasteiger partial charge in [0.1, 0.15) is 5.58 Å². The number of benzene rings is 1. The molecular weight excluding hydrogens is 164 g/mol. The molecule has 1 aromatic heterocycles. The molecule has 2 heteroatoms. The fourth-order valence-corrected chi connectivity index (χ4v) is 1.44. The number of fused-ring (bicyclic) bond motifs is 1. The summed E-state index contributed by atoms with van der Waals surface area (Å²) in [7, 11) is 0. The van der Waals surface area contributed by atoms with Gasteiger partial charge in [-0.3, -0.25) is 0 Å². The number of aliphatic hydroxyl groups is 1. The molecule has 0 aliphatic heterocycles. The van der Waals surface area contributed by atoms with Crippen molar-refractivity contribution < 1.29 is 9.52 Å². The summed E-state index contributed by atoms with van der Waals surface area (Å²) in [6.45, 7) is 0.246. The Bertz CT molecular complexity index is 390. The SMILES string of the molecule is OCCCc1ccc2ccoc2c1. The first-order chi connectivity index (χ1) is 6.40. The van der Waals surface area contributed by atoms with E-state index in [1.54, 1.807) is 6.26 Å². The second-order valence-electron chi connectivity index (χ2n) is 3.12. The van der Waals surface area contributed by atoms with E-state index in [0.717, 1.165) is 23.8 Å². The molecule has 1 aromatic carbocycles. The zero-order valence-corrected chi connectivity index (χ0v) is 7.36. The summed E-state index contributed by atoms with van der Waals surface area (Å²) >= 11 is 0. The predicted molar refractivity (Wildman–Crippen MR) is 51.6 cm³/mol. The fourth-order valence-electron chi connectivity index (χ4n) is 1.44. The highest BCUT2D eigenvalue weighted by Gasteiger charge is 1.98. The van der Waals surface area contributed by atoms with Crippen molar-refractivity contribution in [1.29, 1.82) is 0 Å². The molecule has 0 aliphatic rings. The lowest BCUT2D eigenvalue weighted by Gasteiger charge is -1.98. The third kappa shape index (κ3) is 1.73. The van der Waals surface area contributed by atoms with Gasteiger partial charge in [-0.1, -0.05) is 12.1 Å². The van der Waals surface area contributed by atoms with Crippen LogP contribution in [0.15, 0.2) is 34.9 Å². The molecule has 0 unspecified atom stereocenters. The molecule has 1 heterocycles. The lowest BCUT2D eigenvalue weighted by molar-refractivity contribution is 0.288. The van der Waals surface area contributed by atoms with Gasteiger partial charge in [-0.25, -0.2) is 0 Å². The Labute approximate surface area is 76.8 Å². The Morgan fingerprint density at radius 2 is 2.15 bits per heavy atom. The van der Waals surface area contributed by atoms with Crippen LogP contribution in [-0.2, 0) is 6.42 Å². The summed E-state index contributed by atoms with van der Waals surface area (Å²) in [5, 5.41) is 9.81. The average molecular weight is 176 g/mol. The summed E-state index contributed by atoms with van der Waals surface area (Å²) in [5.74, 6) is 0. The number of aliphatic hydroxyl groups excluding tert-OH is 1. The topological polar surface area (TPSA) is 33.4 Å². The van der Waals surface area contributed by atoms with E-state index in [0.29, 0.717) is 0 Å². The highest BCUT2D eigenvalue weighted by atomic mass is 16.3. The van der Waals surface area contributed by atoms with Crippen LogP contribution in [0.1, 0.15) is 12.0 Å². The molecule has 0 fully saturated rings. The van der Waals surface area contributed by atoms with Gasteiger partial charge >= 0.3 is 0 Å². The normalized spacial score (nSPS) is 10.8. The van der Waals surface area contributed by atoms with Crippen LogP contribution in [0, 0.1) is 0 Å². The minimum absolute atomic E-state index is 0.246. The van der Waals surface area contributed by atoms with Crippen LogP contribution in [0.25, 0.3) is 11.0 Å². The molecule has 1 N–H and O–H groups in total. The molecule has 0 radical (unpaired) electrons. The third-order valence-electron chi connectivity index (χ3n) is 2.14. The first-order valence-corrected chi connectivity index (χ1v) is 4.47. The molecule has 0 saturated carbocycles. The van der Waals surface area contributed by atoms with Crippen molar-refractivity contribution in [2.24, 2.45) is 0 Å². The molecule has 0 spiro atoms. The fraction of sp³-hybridized carbons (Fsp3) is 0.273. The molecule has 2 rings (SSSR count). The Balaban J connectivity index is 2.26. The lowest BCUT2D eigenvalue weighted by Crippen LogP contribution is -1.88. The molecule has 0 atom stereocenters. The van der Waals surface area contributed by atoms with Gasteiger partial charge in [-0.05, 0) is 30.5 Å². The lowest BCUT2D eigenvalue weighted by atomic mass is 10.1. The van der Waals surface area contributed by atoms with Gasteiger partial charge in [0.15, 0.2) is 0 Å². The smallest absolute Gasteiger partial charge is 0.134 e. The summed E-state index contributed by atoms with van der Waals surface area (Å²) in [6, 6.07) is 8.11. The highest BCUT2D eigenvalue weighted by molar-refractivity contribution is 5.77.